The molecule has 0 atom stereocenters. The van der Waals surface area contributed by atoms with E-state index in [-0.39, 0.29) is 10.6 Å². The fourth-order valence-electron chi connectivity index (χ4n) is 2.21. The number of halogens is 3. The third-order valence-electron chi connectivity index (χ3n) is 3.21. The number of nitrogens with zero attached hydrogens (tertiary/aromatic N) is 1. The van der Waals surface area contributed by atoms with Gasteiger partial charge in [-0.05, 0) is 30.9 Å². The van der Waals surface area contributed by atoms with Gasteiger partial charge in [0.1, 0.15) is 0 Å². The lowest BCUT2D eigenvalue weighted by molar-refractivity contribution is 0.144. The highest BCUT2D eigenvalue weighted by Crippen LogP contribution is 2.48. The molecule has 1 saturated carbocycles. The molecular weight excluding hydrogens is 248 g/mol. The summed E-state index contributed by atoms with van der Waals surface area (Å²) < 4.78 is 26.0. The summed E-state index contributed by atoms with van der Waals surface area (Å²) in [5.74, 6) is 0. The maximum absolute atomic E-state index is 13.0. The minimum absolute atomic E-state index is 0.0184. The molecule has 2 nitrogen and oxygen atoms in total. The Balaban J connectivity index is 2.58. The largest absolute Gasteiger partial charge is 0.265 e. The summed E-state index contributed by atoms with van der Waals surface area (Å²) >= 11 is 5.79. The average molecular weight is 258 g/mol. The molecule has 1 aromatic rings. The van der Waals surface area contributed by atoms with E-state index in [0.717, 1.165) is 6.42 Å². The van der Waals surface area contributed by atoms with Gasteiger partial charge in [0.05, 0.1) is 5.54 Å². The number of hydrogen-bond donors (Lipinski definition) is 0. The molecule has 0 heterocycles. The summed E-state index contributed by atoms with van der Waals surface area (Å²) in [6.07, 6.45) is 0.846. The van der Waals surface area contributed by atoms with Crippen molar-refractivity contribution in [2.45, 2.75) is 31.2 Å². The van der Waals surface area contributed by atoms with Crippen LogP contribution in [0.4, 0.5) is 8.78 Å². The predicted octanol–water partition coefficient (Wildman–Crippen LogP) is 3.99. The molecule has 0 amide bonds. The molecule has 1 aliphatic carbocycles. The molecule has 0 saturated heterocycles. The summed E-state index contributed by atoms with van der Waals surface area (Å²) in [7, 11) is 0. The third-order valence-corrected chi connectivity index (χ3v) is 3.54. The first-order valence-corrected chi connectivity index (χ1v) is 5.64. The molecule has 0 aliphatic heterocycles. The molecule has 1 aliphatic rings. The van der Waals surface area contributed by atoms with E-state index >= 15 is 0 Å². The van der Waals surface area contributed by atoms with Crippen molar-refractivity contribution in [3.63, 3.8) is 0 Å². The van der Waals surface area contributed by atoms with Gasteiger partial charge in [-0.15, -0.1) is 0 Å². The number of alkyl halides is 2. The number of rotatable bonds is 3. The van der Waals surface area contributed by atoms with Crippen molar-refractivity contribution in [1.29, 1.82) is 0 Å². The van der Waals surface area contributed by atoms with Gasteiger partial charge < -0.3 is 0 Å². The number of hydrogen-bond acceptors (Lipinski definition) is 2. The zero-order chi connectivity index (χ0) is 12.5. The van der Waals surface area contributed by atoms with Crippen molar-refractivity contribution >= 4 is 17.7 Å². The van der Waals surface area contributed by atoms with E-state index in [1.807, 2.05) is 0 Å². The Hall–Kier alpha value is -1.25. The van der Waals surface area contributed by atoms with E-state index in [1.54, 1.807) is 12.1 Å². The summed E-state index contributed by atoms with van der Waals surface area (Å²) in [5.41, 5.74) is -0.694. The highest BCUT2D eigenvalue weighted by atomic mass is 35.5. The zero-order valence-corrected chi connectivity index (χ0v) is 9.68. The van der Waals surface area contributed by atoms with Crippen molar-refractivity contribution in [3.8, 4) is 0 Å². The number of aliphatic imine (C=N–C) groups is 1. The lowest BCUT2D eigenvalue weighted by Gasteiger charge is -2.38. The molecule has 0 unspecified atom stereocenters. The van der Waals surface area contributed by atoms with Crippen LogP contribution in [0.1, 0.15) is 36.8 Å². The van der Waals surface area contributed by atoms with Crippen LogP contribution < -0.4 is 0 Å². The summed E-state index contributed by atoms with van der Waals surface area (Å²) in [6, 6.07) is 4.58. The van der Waals surface area contributed by atoms with Gasteiger partial charge in [-0.2, -0.15) is 4.99 Å². The van der Waals surface area contributed by atoms with Crippen molar-refractivity contribution in [2.24, 2.45) is 4.99 Å². The second-order valence-electron chi connectivity index (χ2n) is 4.09. The van der Waals surface area contributed by atoms with Gasteiger partial charge in [0.25, 0.3) is 6.43 Å². The fourth-order valence-corrected chi connectivity index (χ4v) is 2.46. The Morgan fingerprint density at radius 3 is 2.59 bits per heavy atom. The Kier molecular flexibility index (Phi) is 3.27. The third kappa shape index (κ3) is 1.99. The fraction of sp³-hybridized carbons (Fsp3) is 0.417. The van der Waals surface area contributed by atoms with Crippen LogP contribution in [0.15, 0.2) is 23.2 Å². The summed E-state index contributed by atoms with van der Waals surface area (Å²) in [5, 5.41) is 0.0184. The van der Waals surface area contributed by atoms with Crippen molar-refractivity contribution in [1.82, 2.24) is 0 Å². The molecule has 0 spiro atoms. The van der Waals surface area contributed by atoms with Gasteiger partial charge in [-0.25, -0.2) is 13.6 Å². The standard InChI is InChI=1S/C12H10ClF2NO/c13-9-4-1-3-8(10(9)11(14)15)12(16-7-17)5-2-6-12/h1,3-4,11H,2,5-6H2. The van der Waals surface area contributed by atoms with Crippen LogP contribution in [0.25, 0.3) is 0 Å². The lowest BCUT2D eigenvalue weighted by Crippen LogP contribution is -2.33. The SMILES string of the molecule is O=C=NC1(c2cccc(Cl)c2C(F)F)CCC1. The molecule has 5 heteroatoms. The molecular formula is C12H10ClF2NO. The van der Waals surface area contributed by atoms with Gasteiger partial charge >= 0.3 is 0 Å². The Labute approximate surface area is 102 Å². The molecule has 0 N–H and O–H groups in total. The van der Waals surface area contributed by atoms with E-state index in [4.69, 9.17) is 11.6 Å². The first kappa shape index (κ1) is 12.2. The summed E-state index contributed by atoms with van der Waals surface area (Å²) in [4.78, 5) is 14.2. The summed E-state index contributed by atoms with van der Waals surface area (Å²) in [6.45, 7) is 0. The molecule has 0 aromatic heterocycles. The highest BCUT2D eigenvalue weighted by Gasteiger charge is 2.42. The van der Waals surface area contributed by atoms with Gasteiger partial charge in [0.15, 0.2) is 0 Å². The van der Waals surface area contributed by atoms with Crippen LogP contribution in [-0.4, -0.2) is 6.08 Å². The van der Waals surface area contributed by atoms with Crippen molar-refractivity contribution in [3.05, 3.63) is 34.3 Å². The van der Waals surface area contributed by atoms with Gasteiger partial charge in [0, 0.05) is 10.6 Å². The average Bonchev–Trinajstić information content (AvgIpc) is 2.22. The van der Waals surface area contributed by atoms with Crippen molar-refractivity contribution < 1.29 is 13.6 Å². The van der Waals surface area contributed by atoms with Crippen molar-refractivity contribution in [2.75, 3.05) is 0 Å². The van der Waals surface area contributed by atoms with E-state index in [1.165, 1.54) is 12.1 Å². The smallest absolute Gasteiger partial charge is 0.211 e. The van der Waals surface area contributed by atoms with E-state index in [9.17, 15) is 13.6 Å². The minimum Gasteiger partial charge on any atom is -0.211 e. The Morgan fingerprint density at radius 1 is 1.41 bits per heavy atom. The van der Waals surface area contributed by atoms with E-state index in [0.29, 0.717) is 18.4 Å². The molecule has 1 fully saturated rings. The molecule has 17 heavy (non-hydrogen) atoms. The van der Waals surface area contributed by atoms with Gasteiger partial charge in [0.2, 0.25) is 6.08 Å². The molecule has 0 bridgehead atoms. The number of isocyanates is 1. The van der Waals surface area contributed by atoms with E-state index in [2.05, 4.69) is 4.99 Å². The van der Waals surface area contributed by atoms with Gasteiger partial charge in [-0.3, -0.25) is 0 Å². The van der Waals surface area contributed by atoms with Crippen LogP contribution in [-0.2, 0) is 10.3 Å². The monoisotopic (exact) mass is 257 g/mol. The maximum Gasteiger partial charge on any atom is 0.265 e. The molecule has 0 radical (unpaired) electrons. The van der Waals surface area contributed by atoms with Crippen LogP contribution in [0, 0.1) is 0 Å². The van der Waals surface area contributed by atoms with Crippen LogP contribution in [0.5, 0.6) is 0 Å². The van der Waals surface area contributed by atoms with E-state index < -0.39 is 12.0 Å². The maximum atomic E-state index is 13.0. The zero-order valence-electron chi connectivity index (χ0n) is 8.92. The first-order chi connectivity index (χ1) is 8.10. The number of carbonyl (C=O) groups excluding carboxylic acids is 1. The first-order valence-electron chi connectivity index (χ1n) is 5.27. The second kappa shape index (κ2) is 4.55. The normalized spacial score (nSPS) is 17.4. The molecule has 2 rings (SSSR count). The lowest BCUT2D eigenvalue weighted by atomic mass is 9.71. The Bertz CT molecular complexity index is 479. The number of benzene rings is 1. The quantitative estimate of drug-likeness (QED) is 0.595. The van der Waals surface area contributed by atoms with Crippen LogP contribution in [0.2, 0.25) is 5.02 Å². The topological polar surface area (TPSA) is 29.4 Å². The van der Waals surface area contributed by atoms with Crippen LogP contribution in [0.3, 0.4) is 0 Å². The Morgan fingerprint density at radius 2 is 2.12 bits per heavy atom. The molecule has 1 aromatic carbocycles. The highest BCUT2D eigenvalue weighted by molar-refractivity contribution is 6.31. The second-order valence-corrected chi connectivity index (χ2v) is 4.50. The minimum atomic E-state index is -2.67. The van der Waals surface area contributed by atoms with Crippen LogP contribution >= 0.6 is 11.6 Å². The van der Waals surface area contributed by atoms with Gasteiger partial charge in [-0.1, -0.05) is 23.7 Å². The predicted molar refractivity (Wildman–Crippen MR) is 60.1 cm³/mol. The molecule has 90 valence electrons.